The summed E-state index contributed by atoms with van der Waals surface area (Å²) >= 11 is 0. The third-order valence-corrected chi connectivity index (χ3v) is 7.91. The topological polar surface area (TPSA) is 38.9 Å². The van der Waals surface area contributed by atoms with Gasteiger partial charge in [0.2, 0.25) is 0 Å². The maximum atomic E-state index is 8.21. The van der Waals surface area contributed by atoms with Gasteiger partial charge in [-0.2, -0.15) is 0 Å². The number of hydrogen-bond donors (Lipinski definition) is 0. The number of furan rings is 1. The van der Waals surface area contributed by atoms with E-state index in [1.807, 2.05) is 130 Å². The number of fused-ring (bicyclic) bond motifs is 5. The molecule has 0 bridgehead atoms. The molecule has 0 fully saturated rings. The molecule has 0 unspecified atom stereocenters. The van der Waals surface area contributed by atoms with Crippen LogP contribution in [0.25, 0.3) is 66.4 Å². The third kappa shape index (κ3) is 7.42. The van der Waals surface area contributed by atoms with Crippen molar-refractivity contribution in [1.29, 1.82) is 0 Å². The van der Waals surface area contributed by atoms with E-state index in [1.54, 1.807) is 6.20 Å². The molecule has 49 heavy (non-hydrogen) atoms. The normalized spacial score (nSPS) is 14.5. The summed E-state index contributed by atoms with van der Waals surface area (Å²) in [5.41, 5.74) is 5.37. The molecule has 8 rings (SSSR count). The zero-order chi connectivity index (χ0) is 40.0. The van der Waals surface area contributed by atoms with Crippen LogP contribution in [-0.4, -0.2) is 9.97 Å². The van der Waals surface area contributed by atoms with Crippen LogP contribution in [0, 0.1) is 31.3 Å². The van der Waals surface area contributed by atoms with Gasteiger partial charge in [-0.1, -0.05) is 116 Å². The van der Waals surface area contributed by atoms with Crippen molar-refractivity contribution in [1.82, 2.24) is 9.97 Å². The molecule has 245 valence electrons. The monoisotopic (exact) mass is 823 g/mol. The molecule has 3 aromatic heterocycles. The van der Waals surface area contributed by atoms with E-state index in [1.165, 1.54) is 6.07 Å². The Bertz CT molecular complexity index is 2670. The van der Waals surface area contributed by atoms with E-state index in [-0.39, 0.29) is 36.9 Å². The number of rotatable bonds is 4. The second-order valence-electron chi connectivity index (χ2n) is 12.6. The minimum absolute atomic E-state index is 0. The van der Waals surface area contributed by atoms with Crippen molar-refractivity contribution < 1.29 is 35.5 Å². The fourth-order valence-corrected chi connectivity index (χ4v) is 5.74. The summed E-state index contributed by atoms with van der Waals surface area (Å²) in [5, 5.41) is 3.55. The minimum Gasteiger partial charge on any atom is -0.491 e. The second kappa shape index (κ2) is 14.3. The molecule has 0 aliphatic carbocycles. The second-order valence-corrected chi connectivity index (χ2v) is 12.6. The van der Waals surface area contributed by atoms with Gasteiger partial charge in [-0.15, -0.1) is 53.4 Å². The Morgan fingerprint density at radius 3 is 2.24 bits per heavy atom. The molecule has 0 aliphatic heterocycles. The van der Waals surface area contributed by atoms with E-state index in [0.29, 0.717) is 22.3 Å². The van der Waals surface area contributed by atoms with Crippen LogP contribution in [-0.2, 0) is 26.5 Å². The smallest absolute Gasteiger partial charge is 0.124 e. The molecular weight excluding hydrogens is 777 g/mol. The Morgan fingerprint density at radius 2 is 1.51 bits per heavy atom. The molecule has 0 saturated heterocycles. The van der Waals surface area contributed by atoms with Gasteiger partial charge in [0.1, 0.15) is 5.58 Å². The van der Waals surface area contributed by atoms with Crippen LogP contribution in [0.4, 0.5) is 0 Å². The van der Waals surface area contributed by atoms with Crippen molar-refractivity contribution in [2.75, 3.05) is 0 Å². The summed E-state index contributed by atoms with van der Waals surface area (Å²) in [6.45, 7) is 0.449. The van der Waals surface area contributed by atoms with Crippen molar-refractivity contribution in [3.05, 3.63) is 156 Å². The molecule has 4 heteroatoms. The Hall–Kier alpha value is -4.89. The van der Waals surface area contributed by atoms with Crippen molar-refractivity contribution in [2.24, 2.45) is 5.41 Å². The Morgan fingerprint density at radius 1 is 0.735 bits per heavy atom. The number of nitrogens with zero attached hydrogens (tertiary/aromatic N) is 2. The van der Waals surface area contributed by atoms with Gasteiger partial charge in [0.05, 0.1) is 5.58 Å². The largest absolute Gasteiger partial charge is 0.491 e. The van der Waals surface area contributed by atoms with E-state index >= 15 is 0 Å². The molecule has 0 N–H and O–H groups in total. The SMILES string of the molecule is [2H]C([2H])([2H])c1cnc(-c2[c-]c3ccccc3c3c2oc2cc(-c4ccccc4)ccc23)cc1C([2H])([2H])[2H].[2H]C([2H])(c1ccc(-c2[c-]cccc2)nc1)C(C)(C)C.[Ir]. The van der Waals surface area contributed by atoms with E-state index in [0.717, 1.165) is 50.1 Å². The molecule has 5 aromatic carbocycles. The predicted octanol–water partition coefficient (Wildman–Crippen LogP) is 12.0. The number of benzene rings is 5. The van der Waals surface area contributed by atoms with Gasteiger partial charge < -0.3 is 9.40 Å². The summed E-state index contributed by atoms with van der Waals surface area (Å²) < 4.78 is 70.1. The Kier molecular flexibility index (Phi) is 7.34. The van der Waals surface area contributed by atoms with E-state index in [4.69, 9.17) is 15.4 Å². The fourth-order valence-electron chi connectivity index (χ4n) is 5.74. The molecule has 0 aliphatic rings. The molecular formula is C45H38IrN2O-2. The Labute approximate surface area is 313 Å². The van der Waals surface area contributed by atoms with Gasteiger partial charge in [0.25, 0.3) is 0 Å². The number of hydrogen-bond acceptors (Lipinski definition) is 3. The van der Waals surface area contributed by atoms with Crippen molar-refractivity contribution in [3.63, 3.8) is 0 Å². The minimum atomic E-state index is -2.63. The molecule has 8 aromatic rings. The molecule has 0 amide bonds. The first-order valence-electron chi connectivity index (χ1n) is 19.7. The number of aromatic nitrogens is 2. The molecule has 1 radical (unpaired) electrons. The van der Waals surface area contributed by atoms with Crippen molar-refractivity contribution >= 4 is 32.7 Å². The summed E-state index contributed by atoms with van der Waals surface area (Å²) in [7, 11) is 0. The first kappa shape index (κ1) is 25.1. The Balaban J connectivity index is 0.000000233. The summed E-state index contributed by atoms with van der Waals surface area (Å²) in [4.78, 5) is 8.74. The van der Waals surface area contributed by atoms with E-state index in [9.17, 15) is 0 Å². The summed E-state index contributed by atoms with van der Waals surface area (Å²) in [6, 6.07) is 42.9. The summed E-state index contributed by atoms with van der Waals surface area (Å²) in [6.07, 6.45) is 1.36. The summed E-state index contributed by atoms with van der Waals surface area (Å²) in [5.74, 6) is 0. The first-order valence-corrected chi connectivity index (χ1v) is 15.7. The van der Waals surface area contributed by atoms with Crippen LogP contribution in [0.1, 0.15) is 48.4 Å². The average molecular weight is 823 g/mol. The van der Waals surface area contributed by atoms with E-state index < -0.39 is 25.5 Å². The first-order chi connectivity index (χ1) is 26.4. The average Bonchev–Trinajstić information content (AvgIpc) is 3.56. The van der Waals surface area contributed by atoms with Gasteiger partial charge in [-0.05, 0) is 64.9 Å². The third-order valence-electron chi connectivity index (χ3n) is 7.91. The van der Waals surface area contributed by atoms with Gasteiger partial charge in [-0.25, -0.2) is 0 Å². The fraction of sp³-hybridized carbons (Fsp3) is 0.156. The van der Waals surface area contributed by atoms with Crippen LogP contribution in [0.15, 0.2) is 132 Å². The van der Waals surface area contributed by atoms with Crippen molar-refractivity contribution in [2.45, 2.75) is 40.8 Å². The molecule has 3 nitrogen and oxygen atoms in total. The zero-order valence-corrected chi connectivity index (χ0v) is 29.7. The van der Waals surface area contributed by atoms with Crippen molar-refractivity contribution in [3.8, 4) is 33.6 Å². The standard InChI is InChI=1S/C29H20NO.C16H18N.Ir/c1-18-14-26(30-17-19(18)2)25-15-22-10-6-7-11-23(22)28-24-13-12-21(16-27(24)31-29(25)28)20-8-4-3-5-9-20;1-16(2,3)11-13-9-10-15(17-12-13)14-7-5-4-6-8-14;/h3-14,16-17H,1-2H3;4-7,9-10,12H,11H2,1-3H3;/q2*-1;/i1D3,2D3;11D2;. The maximum Gasteiger partial charge on any atom is 0.124 e. The van der Waals surface area contributed by atoms with Crippen LogP contribution in [0.5, 0.6) is 0 Å². The molecule has 0 saturated carbocycles. The van der Waals surface area contributed by atoms with E-state index in [2.05, 4.69) is 22.1 Å². The van der Waals surface area contributed by atoms with Gasteiger partial charge in [-0.3, -0.25) is 4.98 Å². The van der Waals surface area contributed by atoms with Crippen LogP contribution in [0.3, 0.4) is 0 Å². The van der Waals surface area contributed by atoms with Crippen LogP contribution >= 0.6 is 0 Å². The zero-order valence-electron chi connectivity index (χ0n) is 35.3. The van der Waals surface area contributed by atoms with Crippen LogP contribution in [0.2, 0.25) is 0 Å². The van der Waals surface area contributed by atoms with Crippen LogP contribution < -0.4 is 0 Å². The van der Waals surface area contributed by atoms with Gasteiger partial charge >= 0.3 is 0 Å². The molecule has 0 atom stereocenters. The quantitative estimate of drug-likeness (QED) is 0.166. The van der Waals surface area contributed by atoms with Gasteiger partial charge in [0.15, 0.2) is 0 Å². The number of pyridine rings is 2. The molecule has 0 spiro atoms. The van der Waals surface area contributed by atoms with Gasteiger partial charge in [0, 0.05) is 54.5 Å². The maximum absolute atomic E-state index is 8.21. The molecule has 3 heterocycles. The predicted molar refractivity (Wildman–Crippen MR) is 200 cm³/mol. The number of aryl methyl sites for hydroxylation is 2.